The van der Waals surface area contributed by atoms with Crippen molar-refractivity contribution in [1.29, 1.82) is 5.26 Å². The molecule has 4 nitrogen and oxygen atoms in total. The van der Waals surface area contributed by atoms with Crippen molar-refractivity contribution in [1.82, 2.24) is 9.97 Å². The fraction of sp³-hybridized carbons (Fsp3) is 0. The Labute approximate surface area is 74.6 Å². The van der Waals surface area contributed by atoms with Gasteiger partial charge in [0.1, 0.15) is 6.07 Å². The molecule has 0 aliphatic carbocycles. The molecule has 2 aromatic rings. The second-order valence-corrected chi connectivity index (χ2v) is 2.59. The predicted molar refractivity (Wildman–Crippen MR) is 48.7 cm³/mol. The minimum Gasteiger partial charge on any atom is -0.397 e. The van der Waals surface area contributed by atoms with Gasteiger partial charge in [0.15, 0.2) is 0 Å². The first-order valence-corrected chi connectivity index (χ1v) is 3.71. The average Bonchev–Trinajstić information content (AvgIpc) is 2.19. The number of fused-ring (bicyclic) bond motifs is 1. The van der Waals surface area contributed by atoms with Crippen LogP contribution >= 0.6 is 0 Å². The Kier molecular flexibility index (Phi) is 1.57. The quantitative estimate of drug-likeness (QED) is 0.641. The van der Waals surface area contributed by atoms with E-state index in [9.17, 15) is 0 Å². The molecule has 2 aromatic heterocycles. The predicted octanol–water partition coefficient (Wildman–Crippen LogP) is 1.08. The highest BCUT2D eigenvalue weighted by atomic mass is 14.7. The van der Waals surface area contributed by atoms with Gasteiger partial charge >= 0.3 is 0 Å². The van der Waals surface area contributed by atoms with Crippen molar-refractivity contribution in [3.63, 3.8) is 0 Å². The maximum absolute atomic E-state index is 8.69. The zero-order valence-electron chi connectivity index (χ0n) is 6.73. The molecule has 0 fully saturated rings. The molecular formula is C9H6N4. The van der Waals surface area contributed by atoms with E-state index in [0.29, 0.717) is 11.3 Å². The van der Waals surface area contributed by atoms with Crippen molar-refractivity contribution in [2.45, 2.75) is 0 Å². The van der Waals surface area contributed by atoms with E-state index in [0.717, 1.165) is 10.9 Å². The number of hydrogen-bond donors (Lipinski definition) is 1. The summed E-state index contributed by atoms with van der Waals surface area (Å²) in [6.07, 6.45) is 4.72. The molecule has 2 rings (SSSR count). The zero-order chi connectivity index (χ0) is 9.26. The number of nitrogen functional groups attached to an aromatic ring is 1. The Morgan fingerprint density at radius 2 is 2.23 bits per heavy atom. The Bertz CT molecular complexity index is 498. The fourth-order valence-electron chi connectivity index (χ4n) is 1.15. The van der Waals surface area contributed by atoms with Crippen LogP contribution in [0.3, 0.4) is 0 Å². The highest BCUT2D eigenvalue weighted by Gasteiger charge is 2.03. The van der Waals surface area contributed by atoms with Crippen LogP contribution in [-0.4, -0.2) is 9.97 Å². The van der Waals surface area contributed by atoms with Gasteiger partial charge in [-0.25, -0.2) is 0 Å². The highest BCUT2D eigenvalue weighted by Crippen LogP contribution is 2.20. The number of nitriles is 1. The van der Waals surface area contributed by atoms with E-state index in [-0.39, 0.29) is 0 Å². The first-order valence-electron chi connectivity index (χ1n) is 3.71. The van der Waals surface area contributed by atoms with E-state index >= 15 is 0 Å². The van der Waals surface area contributed by atoms with Gasteiger partial charge in [-0.15, -0.1) is 0 Å². The van der Waals surface area contributed by atoms with Crippen molar-refractivity contribution in [3.05, 3.63) is 30.2 Å². The standard InChI is InChI=1S/C9H6N4/c10-3-6-4-13-8-1-2-12-5-7(8)9(6)11/h1-2,4-5H,(H2,11,13). The largest absolute Gasteiger partial charge is 0.397 e. The smallest absolute Gasteiger partial charge is 0.103 e. The molecule has 0 spiro atoms. The maximum atomic E-state index is 8.69. The first kappa shape index (κ1) is 7.50. The molecule has 0 aliphatic rings. The molecule has 13 heavy (non-hydrogen) atoms. The van der Waals surface area contributed by atoms with Crippen molar-refractivity contribution in [3.8, 4) is 6.07 Å². The van der Waals surface area contributed by atoms with Crippen molar-refractivity contribution in [2.75, 3.05) is 5.73 Å². The topological polar surface area (TPSA) is 75.6 Å². The van der Waals surface area contributed by atoms with Crippen LogP contribution in [0.1, 0.15) is 5.56 Å². The molecule has 0 unspecified atom stereocenters. The summed E-state index contributed by atoms with van der Waals surface area (Å²) in [5.74, 6) is 0. The number of hydrogen-bond acceptors (Lipinski definition) is 4. The van der Waals surface area contributed by atoms with Gasteiger partial charge in [0.25, 0.3) is 0 Å². The van der Waals surface area contributed by atoms with Crippen LogP contribution in [0.2, 0.25) is 0 Å². The third kappa shape index (κ3) is 1.07. The maximum Gasteiger partial charge on any atom is 0.103 e. The average molecular weight is 170 g/mol. The highest BCUT2D eigenvalue weighted by molar-refractivity contribution is 5.91. The Hall–Kier alpha value is -2.15. The van der Waals surface area contributed by atoms with E-state index < -0.39 is 0 Å². The van der Waals surface area contributed by atoms with Gasteiger partial charge in [0.2, 0.25) is 0 Å². The molecule has 0 saturated carbocycles. The Morgan fingerprint density at radius 3 is 3.00 bits per heavy atom. The SMILES string of the molecule is N#Cc1cnc2ccncc2c1N. The molecule has 0 aliphatic heterocycles. The summed E-state index contributed by atoms with van der Waals surface area (Å²) in [5.41, 5.74) is 7.32. The number of nitrogens with zero attached hydrogens (tertiary/aromatic N) is 3. The Balaban J connectivity index is 2.89. The molecule has 0 atom stereocenters. The van der Waals surface area contributed by atoms with E-state index in [2.05, 4.69) is 9.97 Å². The lowest BCUT2D eigenvalue weighted by Gasteiger charge is -2.00. The van der Waals surface area contributed by atoms with E-state index in [1.165, 1.54) is 6.20 Å². The van der Waals surface area contributed by atoms with Gasteiger partial charge in [-0.3, -0.25) is 9.97 Å². The van der Waals surface area contributed by atoms with E-state index in [1.807, 2.05) is 6.07 Å². The third-order valence-corrected chi connectivity index (χ3v) is 1.83. The summed E-state index contributed by atoms with van der Waals surface area (Å²) in [5, 5.41) is 9.41. The van der Waals surface area contributed by atoms with Crippen LogP contribution in [0.25, 0.3) is 10.9 Å². The van der Waals surface area contributed by atoms with Crippen LogP contribution < -0.4 is 5.73 Å². The monoisotopic (exact) mass is 170 g/mol. The summed E-state index contributed by atoms with van der Waals surface area (Å²) in [7, 11) is 0. The summed E-state index contributed by atoms with van der Waals surface area (Å²) < 4.78 is 0. The van der Waals surface area contributed by atoms with Crippen LogP contribution in [0.5, 0.6) is 0 Å². The molecule has 0 radical (unpaired) electrons. The summed E-state index contributed by atoms with van der Waals surface area (Å²) in [6.45, 7) is 0. The van der Waals surface area contributed by atoms with Crippen molar-refractivity contribution >= 4 is 16.6 Å². The molecule has 0 aromatic carbocycles. The van der Waals surface area contributed by atoms with Gasteiger partial charge in [0, 0.05) is 24.0 Å². The minimum atomic E-state index is 0.389. The summed E-state index contributed by atoms with van der Waals surface area (Å²) in [6, 6.07) is 3.73. The van der Waals surface area contributed by atoms with Gasteiger partial charge in [0.05, 0.1) is 16.8 Å². The number of rotatable bonds is 0. The van der Waals surface area contributed by atoms with Crippen LogP contribution in [0.15, 0.2) is 24.7 Å². The van der Waals surface area contributed by atoms with Crippen LogP contribution in [0.4, 0.5) is 5.69 Å². The molecule has 62 valence electrons. The minimum absolute atomic E-state index is 0.389. The lowest BCUT2D eigenvalue weighted by molar-refractivity contribution is 1.31. The number of aromatic nitrogens is 2. The number of anilines is 1. The fourth-order valence-corrected chi connectivity index (χ4v) is 1.15. The second kappa shape index (κ2) is 2.72. The summed E-state index contributed by atoms with van der Waals surface area (Å²) in [4.78, 5) is 7.99. The number of nitrogens with two attached hydrogens (primary N) is 1. The van der Waals surface area contributed by atoms with Gasteiger partial charge in [-0.2, -0.15) is 5.26 Å². The van der Waals surface area contributed by atoms with Gasteiger partial charge in [-0.05, 0) is 6.07 Å². The van der Waals surface area contributed by atoms with Gasteiger partial charge in [-0.1, -0.05) is 0 Å². The second-order valence-electron chi connectivity index (χ2n) is 2.59. The molecule has 2 heterocycles. The normalized spacial score (nSPS) is 9.77. The molecule has 0 bridgehead atoms. The van der Waals surface area contributed by atoms with Crippen LogP contribution in [0, 0.1) is 11.3 Å². The van der Waals surface area contributed by atoms with E-state index in [4.69, 9.17) is 11.0 Å². The summed E-state index contributed by atoms with van der Waals surface area (Å²) >= 11 is 0. The molecular weight excluding hydrogens is 164 g/mol. The lowest BCUT2D eigenvalue weighted by atomic mass is 10.2. The van der Waals surface area contributed by atoms with Crippen molar-refractivity contribution < 1.29 is 0 Å². The third-order valence-electron chi connectivity index (χ3n) is 1.83. The van der Waals surface area contributed by atoms with Crippen LogP contribution in [-0.2, 0) is 0 Å². The van der Waals surface area contributed by atoms with Gasteiger partial charge < -0.3 is 5.73 Å². The molecule has 0 saturated heterocycles. The van der Waals surface area contributed by atoms with E-state index in [1.54, 1.807) is 18.5 Å². The first-order chi connectivity index (χ1) is 6.33. The lowest BCUT2D eigenvalue weighted by Crippen LogP contribution is -1.94. The van der Waals surface area contributed by atoms with Crippen molar-refractivity contribution in [2.24, 2.45) is 0 Å². The number of pyridine rings is 2. The molecule has 4 heteroatoms. The Morgan fingerprint density at radius 1 is 1.38 bits per heavy atom. The zero-order valence-corrected chi connectivity index (χ0v) is 6.73. The molecule has 2 N–H and O–H groups in total. The molecule has 0 amide bonds.